The van der Waals surface area contributed by atoms with Crippen LogP contribution in [-0.4, -0.2) is 38.9 Å². The molecule has 0 aliphatic carbocycles. The van der Waals surface area contributed by atoms with Gasteiger partial charge in [0, 0.05) is 45.0 Å². The highest BCUT2D eigenvalue weighted by atomic mass is 32.2. The van der Waals surface area contributed by atoms with E-state index in [-0.39, 0.29) is 4.90 Å². The van der Waals surface area contributed by atoms with Gasteiger partial charge in [0.2, 0.25) is 10.0 Å². The third-order valence-corrected chi connectivity index (χ3v) is 6.78. The van der Waals surface area contributed by atoms with Crippen LogP contribution >= 0.6 is 0 Å². The molecule has 6 nitrogen and oxygen atoms in total. The number of piperazine rings is 1. The SMILES string of the molecule is N#Cc1cccc(S(=O)(=O)N2Cc3cccc(N4CCNCC4)c3C2)c1. The molecule has 134 valence electrons. The molecule has 1 N–H and O–H groups in total. The van der Waals surface area contributed by atoms with Crippen LogP contribution in [0.25, 0.3) is 0 Å². The molecule has 0 atom stereocenters. The first-order chi connectivity index (χ1) is 12.6. The van der Waals surface area contributed by atoms with Gasteiger partial charge in [-0.05, 0) is 35.4 Å². The van der Waals surface area contributed by atoms with Crippen LogP contribution < -0.4 is 10.2 Å². The second kappa shape index (κ2) is 6.72. The molecule has 0 amide bonds. The number of nitriles is 1. The Morgan fingerprint density at radius 3 is 2.58 bits per heavy atom. The van der Waals surface area contributed by atoms with E-state index in [1.807, 2.05) is 18.2 Å². The summed E-state index contributed by atoms with van der Waals surface area (Å²) in [5.41, 5.74) is 3.63. The fourth-order valence-electron chi connectivity index (χ4n) is 3.62. The van der Waals surface area contributed by atoms with Gasteiger partial charge >= 0.3 is 0 Å². The second-order valence-electron chi connectivity index (χ2n) is 6.56. The number of hydrogen-bond donors (Lipinski definition) is 1. The van der Waals surface area contributed by atoms with Gasteiger partial charge in [-0.3, -0.25) is 0 Å². The number of benzene rings is 2. The summed E-state index contributed by atoms with van der Waals surface area (Å²) in [6.07, 6.45) is 0. The molecule has 2 aliphatic rings. The van der Waals surface area contributed by atoms with E-state index in [0.717, 1.165) is 43.0 Å². The average Bonchev–Trinajstić information content (AvgIpc) is 3.14. The largest absolute Gasteiger partial charge is 0.369 e. The van der Waals surface area contributed by atoms with E-state index in [1.165, 1.54) is 10.4 Å². The normalized spacial score (nSPS) is 17.7. The molecule has 2 heterocycles. The fraction of sp³-hybridized carbons (Fsp3) is 0.316. The molecule has 1 saturated heterocycles. The third kappa shape index (κ3) is 2.97. The van der Waals surface area contributed by atoms with E-state index in [1.54, 1.807) is 18.2 Å². The first kappa shape index (κ1) is 17.0. The Morgan fingerprint density at radius 1 is 1.04 bits per heavy atom. The predicted molar refractivity (Wildman–Crippen MR) is 99.1 cm³/mol. The molecule has 0 saturated carbocycles. The maximum atomic E-state index is 13.1. The molecule has 26 heavy (non-hydrogen) atoms. The van der Waals surface area contributed by atoms with Gasteiger partial charge in [-0.15, -0.1) is 0 Å². The monoisotopic (exact) mass is 368 g/mol. The van der Waals surface area contributed by atoms with E-state index >= 15 is 0 Å². The zero-order valence-corrected chi connectivity index (χ0v) is 15.2. The number of rotatable bonds is 3. The van der Waals surface area contributed by atoms with Crippen LogP contribution in [0.1, 0.15) is 16.7 Å². The molecule has 2 aliphatic heterocycles. The van der Waals surface area contributed by atoms with E-state index in [9.17, 15) is 8.42 Å². The van der Waals surface area contributed by atoms with Gasteiger partial charge in [0.05, 0.1) is 16.5 Å². The Bertz CT molecular complexity index is 975. The minimum Gasteiger partial charge on any atom is -0.369 e. The summed E-state index contributed by atoms with van der Waals surface area (Å²) in [5, 5.41) is 12.4. The maximum absolute atomic E-state index is 13.1. The molecule has 4 rings (SSSR count). The molecule has 0 aromatic heterocycles. The minimum absolute atomic E-state index is 0.174. The lowest BCUT2D eigenvalue weighted by Gasteiger charge is -2.31. The van der Waals surface area contributed by atoms with Crippen molar-refractivity contribution >= 4 is 15.7 Å². The zero-order valence-electron chi connectivity index (χ0n) is 14.4. The molecular weight excluding hydrogens is 348 g/mol. The highest BCUT2D eigenvalue weighted by Gasteiger charge is 2.33. The lowest BCUT2D eigenvalue weighted by molar-refractivity contribution is 0.431. The van der Waals surface area contributed by atoms with E-state index in [4.69, 9.17) is 5.26 Å². The van der Waals surface area contributed by atoms with Crippen molar-refractivity contribution < 1.29 is 8.42 Å². The lowest BCUT2D eigenvalue weighted by Crippen LogP contribution is -2.43. The highest BCUT2D eigenvalue weighted by Crippen LogP contribution is 2.35. The summed E-state index contributed by atoms with van der Waals surface area (Å²) in [5.74, 6) is 0. The highest BCUT2D eigenvalue weighted by molar-refractivity contribution is 7.89. The smallest absolute Gasteiger partial charge is 0.243 e. The van der Waals surface area contributed by atoms with Crippen LogP contribution in [0.4, 0.5) is 5.69 Å². The van der Waals surface area contributed by atoms with Crippen LogP contribution in [0.2, 0.25) is 0 Å². The summed E-state index contributed by atoms with van der Waals surface area (Å²) in [7, 11) is -3.64. The van der Waals surface area contributed by atoms with Crippen LogP contribution in [0.5, 0.6) is 0 Å². The Balaban J connectivity index is 1.65. The molecular formula is C19H20N4O2S. The summed E-state index contributed by atoms with van der Waals surface area (Å²) in [4.78, 5) is 2.50. The van der Waals surface area contributed by atoms with Gasteiger partial charge in [0.15, 0.2) is 0 Å². The van der Waals surface area contributed by atoms with Crippen molar-refractivity contribution in [1.82, 2.24) is 9.62 Å². The molecule has 2 aromatic rings. The van der Waals surface area contributed by atoms with Crippen molar-refractivity contribution in [1.29, 1.82) is 5.26 Å². The second-order valence-corrected chi connectivity index (χ2v) is 8.50. The van der Waals surface area contributed by atoms with Crippen molar-refractivity contribution in [3.63, 3.8) is 0 Å². The number of fused-ring (bicyclic) bond motifs is 1. The van der Waals surface area contributed by atoms with E-state index in [0.29, 0.717) is 18.7 Å². The molecule has 7 heteroatoms. The van der Waals surface area contributed by atoms with Crippen molar-refractivity contribution in [2.75, 3.05) is 31.1 Å². The van der Waals surface area contributed by atoms with Gasteiger partial charge in [-0.1, -0.05) is 18.2 Å². The van der Waals surface area contributed by atoms with Gasteiger partial charge in [0.25, 0.3) is 0 Å². The van der Waals surface area contributed by atoms with E-state index < -0.39 is 10.0 Å². The van der Waals surface area contributed by atoms with Crippen LogP contribution in [0.15, 0.2) is 47.4 Å². The van der Waals surface area contributed by atoms with E-state index in [2.05, 4.69) is 16.3 Å². The Labute approximate surface area is 153 Å². The fourth-order valence-corrected chi connectivity index (χ4v) is 5.05. The van der Waals surface area contributed by atoms with Crippen LogP contribution in [0.3, 0.4) is 0 Å². The van der Waals surface area contributed by atoms with Gasteiger partial charge in [-0.25, -0.2) is 8.42 Å². The number of hydrogen-bond acceptors (Lipinski definition) is 5. The Hall–Kier alpha value is -2.40. The third-order valence-electron chi connectivity index (χ3n) is 4.99. The van der Waals surface area contributed by atoms with Gasteiger partial charge in [-0.2, -0.15) is 9.57 Å². The Kier molecular flexibility index (Phi) is 4.41. The molecule has 0 radical (unpaired) electrons. The van der Waals surface area contributed by atoms with Crippen LogP contribution in [0, 0.1) is 11.3 Å². The van der Waals surface area contributed by atoms with Crippen molar-refractivity contribution in [2.45, 2.75) is 18.0 Å². The first-order valence-electron chi connectivity index (χ1n) is 8.66. The predicted octanol–water partition coefficient (Wildman–Crippen LogP) is 1.67. The summed E-state index contributed by atoms with van der Waals surface area (Å²) in [6.45, 7) is 4.46. The summed E-state index contributed by atoms with van der Waals surface area (Å²) >= 11 is 0. The van der Waals surface area contributed by atoms with Crippen molar-refractivity contribution in [3.8, 4) is 6.07 Å². The quantitative estimate of drug-likeness (QED) is 0.892. The topological polar surface area (TPSA) is 76.4 Å². The zero-order chi connectivity index (χ0) is 18.1. The molecule has 0 spiro atoms. The van der Waals surface area contributed by atoms with Crippen LogP contribution in [-0.2, 0) is 23.1 Å². The van der Waals surface area contributed by atoms with Gasteiger partial charge in [0.1, 0.15) is 0 Å². The molecule has 1 fully saturated rings. The summed E-state index contributed by atoms with van der Waals surface area (Å²) in [6, 6.07) is 14.3. The first-order valence-corrected chi connectivity index (χ1v) is 10.1. The maximum Gasteiger partial charge on any atom is 0.243 e. The number of nitrogens with zero attached hydrogens (tertiary/aromatic N) is 3. The molecule has 0 bridgehead atoms. The van der Waals surface area contributed by atoms with Crippen molar-refractivity contribution in [3.05, 3.63) is 59.2 Å². The number of anilines is 1. The minimum atomic E-state index is -3.64. The molecule has 2 aromatic carbocycles. The number of sulfonamides is 1. The number of nitrogens with one attached hydrogen (secondary N) is 1. The standard InChI is InChI=1S/C19H20N4O2S/c20-12-15-3-1-5-17(11-15)26(24,25)23-13-16-4-2-6-19(18(16)14-23)22-9-7-21-8-10-22/h1-6,11,21H,7-10,13-14H2. The lowest BCUT2D eigenvalue weighted by atomic mass is 10.1. The summed E-state index contributed by atoms with van der Waals surface area (Å²) < 4.78 is 27.6. The van der Waals surface area contributed by atoms with Gasteiger partial charge < -0.3 is 10.2 Å². The Morgan fingerprint density at radius 2 is 1.81 bits per heavy atom. The molecule has 0 unspecified atom stereocenters. The average molecular weight is 368 g/mol. The van der Waals surface area contributed by atoms with Crippen molar-refractivity contribution in [2.24, 2.45) is 0 Å².